The van der Waals surface area contributed by atoms with Crippen LogP contribution in [0.15, 0.2) is 0 Å². The second-order valence-electron chi connectivity index (χ2n) is 2.30. The Morgan fingerprint density at radius 3 is 1.80 bits per heavy atom. The van der Waals surface area contributed by atoms with Gasteiger partial charge in [0.05, 0.1) is 5.92 Å². The molecule has 0 aliphatic carbocycles. The molecule has 0 saturated heterocycles. The molecule has 0 heterocycles. The van der Waals surface area contributed by atoms with E-state index in [9.17, 15) is 13.2 Å². The van der Waals surface area contributed by atoms with Crippen LogP contribution in [0.2, 0.25) is 0 Å². The van der Waals surface area contributed by atoms with Gasteiger partial charge in [-0.3, -0.25) is 0 Å². The van der Waals surface area contributed by atoms with Gasteiger partial charge < -0.3 is 0 Å². The van der Waals surface area contributed by atoms with Gasteiger partial charge in [-0.05, 0) is 6.42 Å². The second-order valence-corrected chi connectivity index (χ2v) is 3.11. The van der Waals surface area contributed by atoms with Gasteiger partial charge in [0.15, 0.2) is 0 Å². The Kier molecular flexibility index (Phi) is 3.56. The fraction of sp³-hybridized carbons (Fsp3) is 1.00. The molecule has 62 valence electrons. The van der Waals surface area contributed by atoms with Crippen molar-refractivity contribution in [2.45, 2.75) is 31.7 Å². The van der Waals surface area contributed by atoms with E-state index in [1.807, 2.05) is 0 Å². The van der Waals surface area contributed by atoms with Gasteiger partial charge in [0.25, 0.3) is 0 Å². The maximum absolute atomic E-state index is 11.9. The quantitative estimate of drug-likeness (QED) is 0.608. The van der Waals surface area contributed by atoms with Gasteiger partial charge in [-0.1, -0.05) is 13.8 Å². The number of hydrogen-bond acceptors (Lipinski definition) is 1. The molecule has 0 spiro atoms. The third kappa shape index (κ3) is 2.82. The SMILES string of the molecule is CCC([C@H](C)S)C(F)(F)F. The monoisotopic (exact) mass is 172 g/mol. The van der Waals surface area contributed by atoms with Crippen molar-refractivity contribution in [3.8, 4) is 0 Å². The van der Waals surface area contributed by atoms with Gasteiger partial charge in [-0.25, -0.2) is 0 Å². The summed E-state index contributed by atoms with van der Waals surface area (Å²) in [5.74, 6) is -1.27. The summed E-state index contributed by atoms with van der Waals surface area (Å²) >= 11 is 3.75. The fourth-order valence-corrected chi connectivity index (χ4v) is 1.23. The molecule has 0 rings (SSSR count). The van der Waals surface area contributed by atoms with Crippen LogP contribution in [0, 0.1) is 5.92 Å². The molecule has 2 atom stereocenters. The highest BCUT2D eigenvalue weighted by Crippen LogP contribution is 2.33. The number of thiol groups is 1. The summed E-state index contributed by atoms with van der Waals surface area (Å²) in [7, 11) is 0. The van der Waals surface area contributed by atoms with Gasteiger partial charge in [0.2, 0.25) is 0 Å². The van der Waals surface area contributed by atoms with Gasteiger partial charge in [-0.2, -0.15) is 25.8 Å². The first-order valence-electron chi connectivity index (χ1n) is 3.14. The summed E-state index contributed by atoms with van der Waals surface area (Å²) in [6.07, 6.45) is -3.98. The predicted octanol–water partition coefficient (Wildman–Crippen LogP) is 2.89. The van der Waals surface area contributed by atoms with E-state index in [1.54, 1.807) is 0 Å². The fourth-order valence-electron chi connectivity index (χ4n) is 0.846. The van der Waals surface area contributed by atoms with Gasteiger partial charge >= 0.3 is 6.18 Å². The van der Waals surface area contributed by atoms with Crippen molar-refractivity contribution in [2.24, 2.45) is 5.92 Å². The summed E-state index contributed by atoms with van der Waals surface area (Å²) in [5.41, 5.74) is 0. The van der Waals surface area contributed by atoms with Crippen LogP contribution in [-0.2, 0) is 0 Å². The predicted molar refractivity (Wildman–Crippen MR) is 38.3 cm³/mol. The van der Waals surface area contributed by atoms with Crippen LogP contribution in [0.5, 0.6) is 0 Å². The van der Waals surface area contributed by atoms with E-state index in [1.165, 1.54) is 13.8 Å². The Balaban J connectivity index is 4.07. The van der Waals surface area contributed by atoms with Crippen molar-refractivity contribution >= 4 is 12.6 Å². The number of hydrogen-bond donors (Lipinski definition) is 1. The normalized spacial score (nSPS) is 18.6. The summed E-state index contributed by atoms with van der Waals surface area (Å²) in [5, 5.41) is -0.606. The average Bonchev–Trinajstić information content (AvgIpc) is 1.60. The molecule has 0 aromatic heterocycles. The summed E-state index contributed by atoms with van der Waals surface area (Å²) in [6.45, 7) is 2.98. The maximum atomic E-state index is 11.9. The molecule has 0 bridgehead atoms. The van der Waals surface area contributed by atoms with E-state index in [2.05, 4.69) is 12.6 Å². The molecule has 0 N–H and O–H groups in total. The maximum Gasteiger partial charge on any atom is 0.392 e. The lowest BCUT2D eigenvalue weighted by Gasteiger charge is -2.20. The zero-order valence-electron chi connectivity index (χ0n) is 5.94. The Morgan fingerprint density at radius 2 is 1.80 bits per heavy atom. The molecular formula is C6H11F3S. The third-order valence-corrected chi connectivity index (χ3v) is 1.80. The molecule has 4 heteroatoms. The zero-order chi connectivity index (χ0) is 8.36. The van der Waals surface area contributed by atoms with Crippen molar-refractivity contribution in [2.75, 3.05) is 0 Å². The Hall–Kier alpha value is 0.140. The van der Waals surface area contributed by atoms with Crippen LogP contribution in [-0.4, -0.2) is 11.4 Å². The minimum atomic E-state index is -4.09. The minimum absolute atomic E-state index is 0.105. The topological polar surface area (TPSA) is 0 Å². The number of halogens is 3. The van der Waals surface area contributed by atoms with Gasteiger partial charge in [0, 0.05) is 5.25 Å². The lowest BCUT2D eigenvalue weighted by atomic mass is 10.0. The molecule has 1 unspecified atom stereocenters. The molecule has 0 aromatic rings. The minimum Gasteiger partial charge on any atom is -0.176 e. The Bertz CT molecular complexity index is 97.7. The zero-order valence-corrected chi connectivity index (χ0v) is 6.84. The van der Waals surface area contributed by atoms with Gasteiger partial charge in [-0.15, -0.1) is 0 Å². The van der Waals surface area contributed by atoms with Crippen molar-refractivity contribution in [1.82, 2.24) is 0 Å². The molecule has 0 amide bonds. The number of rotatable bonds is 2. The third-order valence-electron chi connectivity index (χ3n) is 1.44. The van der Waals surface area contributed by atoms with Crippen LogP contribution in [0.4, 0.5) is 13.2 Å². The van der Waals surface area contributed by atoms with E-state index in [-0.39, 0.29) is 6.42 Å². The van der Waals surface area contributed by atoms with Crippen LogP contribution in [0.3, 0.4) is 0 Å². The molecule has 0 fully saturated rings. The second kappa shape index (κ2) is 3.51. The van der Waals surface area contributed by atoms with Crippen molar-refractivity contribution in [1.29, 1.82) is 0 Å². The average molecular weight is 172 g/mol. The highest BCUT2D eigenvalue weighted by Gasteiger charge is 2.40. The van der Waals surface area contributed by atoms with E-state index in [0.717, 1.165) is 0 Å². The van der Waals surface area contributed by atoms with Crippen LogP contribution >= 0.6 is 12.6 Å². The lowest BCUT2D eigenvalue weighted by molar-refractivity contribution is -0.174. The van der Waals surface area contributed by atoms with Crippen molar-refractivity contribution < 1.29 is 13.2 Å². The summed E-state index contributed by atoms with van der Waals surface area (Å²) in [4.78, 5) is 0. The molecule has 0 saturated carbocycles. The first-order valence-corrected chi connectivity index (χ1v) is 3.66. The van der Waals surface area contributed by atoms with Crippen LogP contribution in [0.25, 0.3) is 0 Å². The van der Waals surface area contributed by atoms with Crippen molar-refractivity contribution in [3.63, 3.8) is 0 Å². The molecular weight excluding hydrogens is 161 g/mol. The molecule has 10 heavy (non-hydrogen) atoms. The Labute approximate surface area is 64.2 Å². The molecule has 0 aliphatic rings. The van der Waals surface area contributed by atoms with E-state index < -0.39 is 17.3 Å². The largest absolute Gasteiger partial charge is 0.392 e. The molecule has 0 aromatic carbocycles. The lowest BCUT2D eigenvalue weighted by Crippen LogP contribution is -2.28. The Morgan fingerprint density at radius 1 is 1.40 bits per heavy atom. The van der Waals surface area contributed by atoms with Crippen molar-refractivity contribution in [3.05, 3.63) is 0 Å². The smallest absolute Gasteiger partial charge is 0.176 e. The highest BCUT2D eigenvalue weighted by molar-refractivity contribution is 7.80. The van der Waals surface area contributed by atoms with E-state index in [4.69, 9.17) is 0 Å². The van der Waals surface area contributed by atoms with Gasteiger partial charge in [0.1, 0.15) is 0 Å². The summed E-state index contributed by atoms with van der Waals surface area (Å²) in [6, 6.07) is 0. The van der Waals surface area contributed by atoms with Crippen LogP contribution in [0.1, 0.15) is 20.3 Å². The first kappa shape index (κ1) is 10.1. The molecule has 0 nitrogen and oxygen atoms in total. The number of alkyl halides is 3. The summed E-state index contributed by atoms with van der Waals surface area (Å²) < 4.78 is 35.8. The standard InChI is InChI=1S/C6H11F3S/c1-3-5(4(2)10)6(7,8)9/h4-5,10H,3H2,1-2H3/t4-,5?/m0/s1. The molecule has 0 radical (unpaired) electrons. The van der Waals surface area contributed by atoms with E-state index in [0.29, 0.717) is 0 Å². The highest BCUT2D eigenvalue weighted by atomic mass is 32.1. The van der Waals surface area contributed by atoms with E-state index >= 15 is 0 Å². The van der Waals surface area contributed by atoms with Crippen LogP contribution < -0.4 is 0 Å². The molecule has 0 aliphatic heterocycles. The first-order chi connectivity index (χ1) is 4.39.